The van der Waals surface area contributed by atoms with Crippen molar-refractivity contribution in [3.8, 4) is 0 Å². The Balaban J connectivity index is 1.44. The van der Waals surface area contributed by atoms with Gasteiger partial charge >= 0.3 is 5.69 Å². The maximum absolute atomic E-state index is 12.9. The first-order valence-electron chi connectivity index (χ1n) is 9.48. The zero-order valence-corrected chi connectivity index (χ0v) is 16.0. The highest BCUT2D eigenvalue weighted by atomic mass is 16.5. The molecule has 148 valence electrons. The molecule has 2 bridgehead atoms. The minimum Gasteiger partial charge on any atom is -0.374 e. The van der Waals surface area contributed by atoms with E-state index >= 15 is 0 Å². The summed E-state index contributed by atoms with van der Waals surface area (Å²) in [5.74, 6) is 0.417. The molecular weight excluding hydrogens is 374 g/mol. The molecule has 4 aromatic rings. The largest absolute Gasteiger partial charge is 0.374 e. The fraction of sp³-hybridized carbons (Fsp3) is 0.389. The third-order valence-electron chi connectivity index (χ3n) is 5.78. The number of imidazole rings is 1. The lowest BCUT2D eigenvalue weighted by atomic mass is 10.2. The highest BCUT2D eigenvalue weighted by Gasteiger charge is 2.41. The fourth-order valence-corrected chi connectivity index (χ4v) is 4.22. The van der Waals surface area contributed by atoms with Crippen molar-refractivity contribution >= 4 is 28.4 Å². The zero-order valence-electron chi connectivity index (χ0n) is 16.0. The van der Waals surface area contributed by atoms with E-state index in [0.717, 1.165) is 23.3 Å². The number of aryl methyl sites for hydroxylation is 2. The average Bonchev–Trinajstić information content (AvgIpc) is 3.48. The molecule has 0 radical (unpaired) electrons. The van der Waals surface area contributed by atoms with Gasteiger partial charge in [0.2, 0.25) is 5.95 Å². The molecule has 2 atom stereocenters. The van der Waals surface area contributed by atoms with Gasteiger partial charge in [0, 0.05) is 7.05 Å². The standard InChI is InChI=1S/C18H19N9O2/c1-10-3-15-20-9-21-25(15)7-13(10)22-17-19-5-14-16(23-17)27(18(28)24(14)2)26-6-12-4-11(26)8-29-12/h3,5,7,9,11-12H,4,6,8H2,1-2H3,(H,19,22,23)/t11-,12-/m1/s1. The van der Waals surface area contributed by atoms with E-state index in [4.69, 9.17) is 4.74 Å². The Morgan fingerprint density at radius 1 is 1.31 bits per heavy atom. The number of hydrogen-bond acceptors (Lipinski definition) is 8. The van der Waals surface area contributed by atoms with Crippen LogP contribution in [0.1, 0.15) is 12.0 Å². The summed E-state index contributed by atoms with van der Waals surface area (Å²) in [7, 11) is 1.74. The molecule has 0 unspecified atom stereocenters. The second-order valence-electron chi connectivity index (χ2n) is 7.58. The maximum atomic E-state index is 12.9. The van der Waals surface area contributed by atoms with Crippen molar-refractivity contribution in [2.45, 2.75) is 25.5 Å². The Hall–Kier alpha value is -3.47. The first-order valence-corrected chi connectivity index (χ1v) is 9.48. The molecule has 2 fully saturated rings. The molecule has 6 heterocycles. The van der Waals surface area contributed by atoms with Crippen LogP contribution < -0.4 is 16.0 Å². The van der Waals surface area contributed by atoms with Crippen LogP contribution in [0.2, 0.25) is 0 Å². The van der Waals surface area contributed by atoms with Crippen molar-refractivity contribution < 1.29 is 4.74 Å². The first-order chi connectivity index (χ1) is 14.1. The summed E-state index contributed by atoms with van der Waals surface area (Å²) < 4.78 is 10.6. The molecule has 0 amide bonds. The molecule has 2 aliphatic rings. The second-order valence-corrected chi connectivity index (χ2v) is 7.58. The quantitative estimate of drug-likeness (QED) is 0.531. The number of ether oxygens (including phenoxy) is 1. The monoisotopic (exact) mass is 393 g/mol. The molecule has 0 spiro atoms. The summed E-state index contributed by atoms with van der Waals surface area (Å²) in [5, 5.41) is 9.49. The van der Waals surface area contributed by atoms with Crippen molar-refractivity contribution in [1.82, 2.24) is 33.8 Å². The van der Waals surface area contributed by atoms with E-state index in [1.807, 2.05) is 19.2 Å². The van der Waals surface area contributed by atoms with Gasteiger partial charge in [-0.1, -0.05) is 0 Å². The summed E-state index contributed by atoms with van der Waals surface area (Å²) in [6.07, 6.45) is 6.16. The third-order valence-corrected chi connectivity index (χ3v) is 5.78. The molecule has 6 rings (SSSR count). The van der Waals surface area contributed by atoms with Crippen LogP contribution in [0.3, 0.4) is 0 Å². The lowest BCUT2D eigenvalue weighted by Gasteiger charge is -2.28. The van der Waals surface area contributed by atoms with Gasteiger partial charge in [0.15, 0.2) is 11.3 Å². The normalized spacial score (nSPS) is 21.0. The van der Waals surface area contributed by atoms with Crippen LogP contribution in [0.4, 0.5) is 11.6 Å². The number of hydrogen-bond donors (Lipinski definition) is 1. The number of anilines is 2. The van der Waals surface area contributed by atoms with E-state index in [-0.39, 0.29) is 17.8 Å². The summed E-state index contributed by atoms with van der Waals surface area (Å²) in [5.41, 5.74) is 3.73. The highest BCUT2D eigenvalue weighted by Crippen LogP contribution is 2.27. The molecule has 11 heteroatoms. The molecular formula is C18H19N9O2. The Bertz CT molecular complexity index is 1320. The lowest BCUT2D eigenvalue weighted by molar-refractivity contribution is 0.0909. The molecule has 29 heavy (non-hydrogen) atoms. The summed E-state index contributed by atoms with van der Waals surface area (Å²) in [6.45, 7) is 3.31. The number of nitrogens with zero attached hydrogens (tertiary/aromatic N) is 8. The molecule has 1 N–H and O–H groups in total. The summed E-state index contributed by atoms with van der Waals surface area (Å²) in [6, 6.07) is 2.14. The van der Waals surface area contributed by atoms with E-state index in [1.165, 1.54) is 6.33 Å². The van der Waals surface area contributed by atoms with Crippen molar-refractivity contribution in [1.29, 1.82) is 0 Å². The van der Waals surface area contributed by atoms with Crippen LogP contribution >= 0.6 is 0 Å². The van der Waals surface area contributed by atoms with Crippen molar-refractivity contribution in [3.63, 3.8) is 0 Å². The molecule has 4 aromatic heterocycles. The van der Waals surface area contributed by atoms with E-state index in [2.05, 4.69) is 30.4 Å². The average molecular weight is 393 g/mol. The van der Waals surface area contributed by atoms with Crippen LogP contribution in [0, 0.1) is 6.92 Å². The van der Waals surface area contributed by atoms with E-state index in [9.17, 15) is 4.79 Å². The molecule has 0 aromatic carbocycles. The van der Waals surface area contributed by atoms with Gasteiger partial charge in [-0.15, -0.1) is 0 Å². The number of nitrogens with one attached hydrogen (secondary N) is 1. The minimum absolute atomic E-state index is 0.126. The van der Waals surface area contributed by atoms with Crippen LogP contribution in [0.25, 0.3) is 16.8 Å². The summed E-state index contributed by atoms with van der Waals surface area (Å²) in [4.78, 5) is 26.2. The van der Waals surface area contributed by atoms with Crippen LogP contribution in [0.15, 0.2) is 29.6 Å². The Kier molecular flexibility index (Phi) is 3.28. The molecule has 2 aliphatic heterocycles. The second kappa shape index (κ2) is 5.77. The van der Waals surface area contributed by atoms with Crippen LogP contribution in [-0.4, -0.2) is 59.1 Å². The number of morpholine rings is 1. The Morgan fingerprint density at radius 2 is 2.21 bits per heavy atom. The van der Waals surface area contributed by atoms with Crippen LogP contribution in [-0.2, 0) is 11.8 Å². The van der Waals surface area contributed by atoms with Gasteiger partial charge in [0.25, 0.3) is 0 Å². The first kappa shape index (κ1) is 16.5. The van der Waals surface area contributed by atoms with Gasteiger partial charge in [0.1, 0.15) is 11.8 Å². The molecule has 0 saturated carbocycles. The summed E-state index contributed by atoms with van der Waals surface area (Å²) >= 11 is 0. The topological polar surface area (TPSA) is 107 Å². The Labute approximate surface area is 164 Å². The van der Waals surface area contributed by atoms with Gasteiger partial charge in [-0.05, 0) is 25.0 Å². The third kappa shape index (κ3) is 2.37. The van der Waals surface area contributed by atoms with Crippen LogP contribution in [0.5, 0.6) is 0 Å². The van der Waals surface area contributed by atoms with Gasteiger partial charge in [0.05, 0.1) is 43.4 Å². The predicted molar refractivity (Wildman–Crippen MR) is 105 cm³/mol. The predicted octanol–water partition coefficient (Wildman–Crippen LogP) is 0.334. The maximum Gasteiger partial charge on any atom is 0.349 e. The molecule has 11 nitrogen and oxygen atoms in total. The molecule has 2 saturated heterocycles. The Morgan fingerprint density at radius 3 is 3.00 bits per heavy atom. The van der Waals surface area contributed by atoms with Gasteiger partial charge in [-0.2, -0.15) is 14.8 Å². The fourth-order valence-electron chi connectivity index (χ4n) is 4.22. The number of fused-ring (bicyclic) bond motifs is 4. The van der Waals surface area contributed by atoms with Gasteiger partial charge in [-0.3, -0.25) is 9.58 Å². The van der Waals surface area contributed by atoms with Gasteiger partial charge < -0.3 is 10.1 Å². The number of rotatable bonds is 3. The van der Waals surface area contributed by atoms with E-state index < -0.39 is 0 Å². The molecule has 0 aliphatic carbocycles. The highest BCUT2D eigenvalue weighted by molar-refractivity contribution is 5.73. The minimum atomic E-state index is -0.126. The lowest BCUT2D eigenvalue weighted by Crippen LogP contribution is -2.49. The zero-order chi connectivity index (χ0) is 19.7. The number of pyridine rings is 1. The van der Waals surface area contributed by atoms with E-state index in [0.29, 0.717) is 30.3 Å². The van der Waals surface area contributed by atoms with Crippen molar-refractivity contribution in [3.05, 3.63) is 40.8 Å². The van der Waals surface area contributed by atoms with Crippen molar-refractivity contribution in [2.24, 2.45) is 7.05 Å². The van der Waals surface area contributed by atoms with E-state index in [1.54, 1.807) is 27.0 Å². The van der Waals surface area contributed by atoms with Crippen molar-refractivity contribution in [2.75, 3.05) is 23.5 Å². The smallest absolute Gasteiger partial charge is 0.349 e. The number of aromatic nitrogens is 7. The van der Waals surface area contributed by atoms with Gasteiger partial charge in [-0.25, -0.2) is 19.3 Å². The SMILES string of the molecule is Cc1cc2ncnn2cc1Nc1ncc2c(n1)n(N1C[C@H]3C[C@@H]1CO3)c(=O)n2C.